The minimum atomic E-state index is -0.924. The maximum atomic E-state index is 12.9. The van der Waals surface area contributed by atoms with Gasteiger partial charge in [0.15, 0.2) is 11.9 Å². The van der Waals surface area contributed by atoms with Crippen molar-refractivity contribution in [1.29, 1.82) is 0 Å². The van der Waals surface area contributed by atoms with E-state index in [0.717, 1.165) is 24.1 Å². The van der Waals surface area contributed by atoms with Crippen LogP contribution in [0.4, 0.5) is 5.69 Å². The van der Waals surface area contributed by atoms with Gasteiger partial charge in [-0.3, -0.25) is 9.59 Å². The van der Waals surface area contributed by atoms with Crippen LogP contribution in [-0.2, 0) is 16.0 Å². The monoisotopic (exact) mass is 368 g/mol. The molecule has 0 saturated heterocycles. The number of para-hydroxylation sites is 1. The van der Waals surface area contributed by atoms with Crippen LogP contribution in [0.25, 0.3) is 0 Å². The molecule has 3 rings (SSSR count). The van der Waals surface area contributed by atoms with Crippen molar-refractivity contribution in [2.45, 2.75) is 46.6 Å². The molecule has 1 atom stereocenters. The fraction of sp³-hybridized carbons (Fsp3) is 0.381. The maximum absolute atomic E-state index is 12.9. The third-order valence-corrected chi connectivity index (χ3v) is 5.00. The number of H-pyrrole nitrogens is 1. The van der Waals surface area contributed by atoms with Gasteiger partial charge in [0.1, 0.15) is 5.69 Å². The summed E-state index contributed by atoms with van der Waals surface area (Å²) in [6.45, 7) is 7.07. The molecule has 27 heavy (non-hydrogen) atoms. The quantitative estimate of drug-likeness (QED) is 0.663. The molecule has 0 radical (unpaired) electrons. The lowest BCUT2D eigenvalue weighted by Gasteiger charge is -2.31. The van der Waals surface area contributed by atoms with Crippen LogP contribution in [0.1, 0.15) is 57.9 Å². The first-order valence-electron chi connectivity index (χ1n) is 9.11. The molecule has 0 unspecified atom stereocenters. The number of esters is 1. The van der Waals surface area contributed by atoms with Gasteiger partial charge in [-0.15, -0.1) is 0 Å². The number of aryl methyl sites for hydroxylation is 2. The van der Waals surface area contributed by atoms with Crippen molar-refractivity contribution in [1.82, 2.24) is 4.98 Å². The molecule has 6 nitrogen and oxygen atoms in total. The van der Waals surface area contributed by atoms with E-state index in [1.807, 2.05) is 24.3 Å². The lowest BCUT2D eigenvalue weighted by molar-refractivity contribution is -0.126. The molecule has 0 spiro atoms. The highest BCUT2D eigenvalue weighted by molar-refractivity contribution is 6.02. The molecule has 1 N–H and O–H groups in total. The lowest BCUT2D eigenvalue weighted by Crippen LogP contribution is -2.42. The second-order valence-electron chi connectivity index (χ2n) is 6.95. The van der Waals surface area contributed by atoms with Crippen molar-refractivity contribution >= 4 is 23.3 Å². The van der Waals surface area contributed by atoms with Gasteiger partial charge in [0, 0.05) is 23.5 Å². The van der Waals surface area contributed by atoms with Gasteiger partial charge in [0.05, 0.1) is 0 Å². The molecule has 6 heteroatoms. The number of ketones is 1. The number of ether oxygens (including phenoxy) is 1. The van der Waals surface area contributed by atoms with Crippen LogP contribution in [0.2, 0.25) is 0 Å². The van der Waals surface area contributed by atoms with Crippen molar-refractivity contribution in [3.8, 4) is 0 Å². The average Bonchev–Trinajstić information content (AvgIpc) is 2.95. The normalized spacial score (nSPS) is 14.4. The largest absolute Gasteiger partial charge is 0.448 e. The van der Waals surface area contributed by atoms with Crippen LogP contribution in [-0.4, -0.2) is 35.3 Å². The Morgan fingerprint density at radius 2 is 1.89 bits per heavy atom. The number of aromatic nitrogens is 1. The number of aromatic amines is 1. The SMILES string of the molecule is CC(=O)c1c(C)[nH]c(C(=O)O[C@H](C)C(=O)N2CCCc3ccccc32)c1C. The van der Waals surface area contributed by atoms with E-state index in [2.05, 4.69) is 4.98 Å². The number of nitrogens with zero attached hydrogens (tertiary/aromatic N) is 1. The third kappa shape index (κ3) is 3.52. The number of rotatable bonds is 4. The van der Waals surface area contributed by atoms with E-state index in [-0.39, 0.29) is 17.4 Å². The topological polar surface area (TPSA) is 79.5 Å². The van der Waals surface area contributed by atoms with E-state index in [0.29, 0.717) is 23.4 Å². The van der Waals surface area contributed by atoms with Crippen LogP contribution in [0.5, 0.6) is 0 Å². The number of Topliss-reactive ketones (excluding diaryl/α,β-unsaturated/α-hetero) is 1. The van der Waals surface area contributed by atoms with E-state index in [1.165, 1.54) is 6.92 Å². The Bertz CT molecular complexity index is 913. The molecule has 0 aliphatic carbocycles. The van der Waals surface area contributed by atoms with Crippen molar-refractivity contribution in [2.75, 3.05) is 11.4 Å². The molecule has 0 fully saturated rings. The Morgan fingerprint density at radius 1 is 1.19 bits per heavy atom. The van der Waals surface area contributed by atoms with Gasteiger partial charge in [-0.2, -0.15) is 0 Å². The number of benzene rings is 1. The van der Waals surface area contributed by atoms with Crippen molar-refractivity contribution in [2.24, 2.45) is 0 Å². The second kappa shape index (κ2) is 7.39. The molecule has 1 aliphatic rings. The summed E-state index contributed by atoms with van der Waals surface area (Å²) in [6.07, 6.45) is 0.885. The van der Waals surface area contributed by atoms with Gasteiger partial charge in [-0.1, -0.05) is 18.2 Å². The Labute approximate surface area is 158 Å². The first-order chi connectivity index (χ1) is 12.8. The number of hydrogen-bond donors (Lipinski definition) is 1. The molecule has 1 aromatic carbocycles. The van der Waals surface area contributed by atoms with Gasteiger partial charge in [-0.25, -0.2) is 4.79 Å². The van der Waals surface area contributed by atoms with Gasteiger partial charge in [0.25, 0.3) is 5.91 Å². The highest BCUT2D eigenvalue weighted by Gasteiger charge is 2.30. The number of carbonyl (C=O) groups excluding carboxylic acids is 3. The van der Waals surface area contributed by atoms with Crippen LogP contribution >= 0.6 is 0 Å². The number of carbonyl (C=O) groups is 3. The van der Waals surface area contributed by atoms with Gasteiger partial charge in [0.2, 0.25) is 0 Å². The number of fused-ring (bicyclic) bond motifs is 1. The first kappa shape index (κ1) is 18.9. The smallest absolute Gasteiger partial charge is 0.355 e. The fourth-order valence-corrected chi connectivity index (χ4v) is 3.73. The van der Waals surface area contributed by atoms with E-state index < -0.39 is 12.1 Å². The van der Waals surface area contributed by atoms with Crippen LogP contribution in [0.3, 0.4) is 0 Å². The minimum absolute atomic E-state index is 0.116. The molecular formula is C21H24N2O4. The van der Waals surface area contributed by atoms with E-state index >= 15 is 0 Å². The summed E-state index contributed by atoms with van der Waals surface area (Å²) in [4.78, 5) is 41.8. The summed E-state index contributed by atoms with van der Waals surface area (Å²) in [7, 11) is 0. The molecule has 2 heterocycles. The van der Waals surface area contributed by atoms with E-state index in [9.17, 15) is 14.4 Å². The molecule has 1 amide bonds. The number of hydrogen-bond acceptors (Lipinski definition) is 4. The molecule has 1 aliphatic heterocycles. The second-order valence-corrected chi connectivity index (χ2v) is 6.95. The zero-order valence-electron chi connectivity index (χ0n) is 16.1. The molecule has 1 aromatic heterocycles. The Morgan fingerprint density at radius 3 is 2.56 bits per heavy atom. The zero-order valence-corrected chi connectivity index (χ0v) is 16.1. The van der Waals surface area contributed by atoms with Crippen LogP contribution < -0.4 is 4.90 Å². The zero-order chi connectivity index (χ0) is 19.7. The molecule has 0 saturated carbocycles. The highest BCUT2D eigenvalue weighted by Crippen LogP contribution is 2.28. The summed E-state index contributed by atoms with van der Waals surface area (Å²) in [5.41, 5.74) is 3.88. The van der Waals surface area contributed by atoms with E-state index in [1.54, 1.807) is 25.7 Å². The van der Waals surface area contributed by atoms with Crippen LogP contribution in [0, 0.1) is 13.8 Å². The summed E-state index contributed by atoms with van der Waals surface area (Å²) in [6, 6.07) is 7.78. The number of amides is 1. The third-order valence-electron chi connectivity index (χ3n) is 5.00. The highest BCUT2D eigenvalue weighted by atomic mass is 16.5. The van der Waals surface area contributed by atoms with Gasteiger partial charge >= 0.3 is 5.97 Å². The Balaban J connectivity index is 1.77. The van der Waals surface area contributed by atoms with Crippen LogP contribution in [0.15, 0.2) is 24.3 Å². The summed E-state index contributed by atoms with van der Waals surface area (Å²) in [5.74, 6) is -0.994. The summed E-state index contributed by atoms with van der Waals surface area (Å²) < 4.78 is 5.42. The fourth-order valence-electron chi connectivity index (χ4n) is 3.73. The summed E-state index contributed by atoms with van der Waals surface area (Å²) in [5, 5.41) is 0. The van der Waals surface area contributed by atoms with Gasteiger partial charge in [-0.05, 0) is 57.7 Å². The first-order valence-corrected chi connectivity index (χ1v) is 9.11. The molecule has 0 bridgehead atoms. The Hall–Kier alpha value is -2.89. The standard InChI is InChI=1S/C21H24N2O4/c1-12-18(14(3)24)13(2)22-19(12)21(26)27-15(4)20(25)23-11-7-9-16-8-5-6-10-17(16)23/h5-6,8,10,15,22H,7,9,11H2,1-4H3/t15-/m1/s1. The Kier molecular flexibility index (Phi) is 5.17. The predicted molar refractivity (Wildman–Crippen MR) is 102 cm³/mol. The average molecular weight is 368 g/mol. The number of nitrogens with one attached hydrogen (secondary N) is 1. The maximum Gasteiger partial charge on any atom is 0.355 e. The summed E-state index contributed by atoms with van der Waals surface area (Å²) >= 11 is 0. The number of anilines is 1. The molecular weight excluding hydrogens is 344 g/mol. The lowest BCUT2D eigenvalue weighted by atomic mass is 10.0. The van der Waals surface area contributed by atoms with Crippen molar-refractivity contribution < 1.29 is 19.1 Å². The molecule has 2 aromatic rings. The predicted octanol–water partition coefficient (Wildman–Crippen LogP) is 3.36. The minimum Gasteiger partial charge on any atom is -0.448 e. The van der Waals surface area contributed by atoms with E-state index in [4.69, 9.17) is 4.74 Å². The van der Waals surface area contributed by atoms with Gasteiger partial charge < -0.3 is 14.6 Å². The van der Waals surface area contributed by atoms with Crippen molar-refractivity contribution in [3.05, 3.63) is 52.3 Å². The van der Waals surface area contributed by atoms with Crippen molar-refractivity contribution in [3.63, 3.8) is 0 Å². The molecule has 142 valence electrons.